The predicted molar refractivity (Wildman–Crippen MR) is 101 cm³/mol. The number of rotatable bonds is 5. The van der Waals surface area contributed by atoms with Crippen LogP contribution in [0.1, 0.15) is 15.9 Å². The van der Waals surface area contributed by atoms with Gasteiger partial charge in [-0.05, 0) is 30.7 Å². The maximum Gasteiger partial charge on any atom is 0.337 e. The van der Waals surface area contributed by atoms with E-state index in [0.717, 1.165) is 21.5 Å². The summed E-state index contributed by atoms with van der Waals surface area (Å²) in [5.74, 6) is -0.423. The number of carbonyl (C=O) groups excluding carboxylic acids is 2. The van der Waals surface area contributed by atoms with E-state index in [-0.39, 0.29) is 11.7 Å². The quantitative estimate of drug-likeness (QED) is 0.423. The summed E-state index contributed by atoms with van der Waals surface area (Å²) in [4.78, 5) is 32.5. The Morgan fingerprint density at radius 2 is 1.96 bits per heavy atom. The Balaban J connectivity index is 1.70. The summed E-state index contributed by atoms with van der Waals surface area (Å²) in [6.45, 7) is 1.86. The Morgan fingerprint density at radius 1 is 1.15 bits per heavy atom. The van der Waals surface area contributed by atoms with Crippen molar-refractivity contribution in [3.8, 4) is 0 Å². The molecule has 0 saturated heterocycles. The van der Waals surface area contributed by atoms with Crippen molar-refractivity contribution >= 4 is 40.2 Å². The summed E-state index contributed by atoms with van der Waals surface area (Å²) >= 11 is 1.34. The van der Waals surface area contributed by atoms with Crippen LogP contribution in [0.2, 0.25) is 0 Å². The maximum atomic E-state index is 12.3. The van der Waals surface area contributed by atoms with Crippen LogP contribution in [0.5, 0.6) is 0 Å². The molecule has 1 aromatic heterocycles. The molecule has 6 nitrogen and oxygen atoms in total. The van der Waals surface area contributed by atoms with Gasteiger partial charge in [0.15, 0.2) is 0 Å². The number of hydrogen-bond donors (Lipinski definition) is 1. The average Bonchev–Trinajstić information content (AvgIpc) is 2.67. The summed E-state index contributed by atoms with van der Waals surface area (Å²) in [6, 6.07) is 12.7. The van der Waals surface area contributed by atoms with Crippen LogP contribution in [0.15, 0.2) is 53.8 Å². The second-order valence-electron chi connectivity index (χ2n) is 5.55. The van der Waals surface area contributed by atoms with Crippen molar-refractivity contribution in [2.45, 2.75) is 11.9 Å². The molecule has 7 heteroatoms. The summed E-state index contributed by atoms with van der Waals surface area (Å²) < 4.78 is 4.71. The van der Waals surface area contributed by atoms with Crippen LogP contribution in [0.3, 0.4) is 0 Å². The third-order valence-electron chi connectivity index (χ3n) is 3.78. The van der Waals surface area contributed by atoms with Crippen molar-refractivity contribution in [1.29, 1.82) is 0 Å². The number of ether oxygens (including phenoxy) is 1. The first-order valence-corrected chi connectivity index (χ1v) is 8.88. The smallest absolute Gasteiger partial charge is 0.337 e. The fraction of sp³-hybridized carbons (Fsp3) is 0.158. The number of hydrogen-bond acceptors (Lipinski definition) is 6. The highest BCUT2D eigenvalue weighted by Gasteiger charge is 2.12. The zero-order valence-electron chi connectivity index (χ0n) is 14.4. The number of nitrogens with zero attached hydrogens (tertiary/aromatic N) is 2. The van der Waals surface area contributed by atoms with Crippen molar-refractivity contribution in [1.82, 2.24) is 9.97 Å². The van der Waals surface area contributed by atoms with E-state index >= 15 is 0 Å². The highest BCUT2D eigenvalue weighted by molar-refractivity contribution is 8.00. The minimum atomic E-state index is -0.442. The van der Waals surface area contributed by atoms with Crippen LogP contribution in [0.4, 0.5) is 5.69 Å². The number of aromatic nitrogens is 2. The number of aryl methyl sites for hydroxylation is 1. The van der Waals surface area contributed by atoms with Crippen molar-refractivity contribution in [3.05, 3.63) is 59.9 Å². The van der Waals surface area contributed by atoms with Gasteiger partial charge in [0.05, 0.1) is 23.9 Å². The normalized spacial score (nSPS) is 10.5. The zero-order chi connectivity index (χ0) is 18.5. The molecule has 0 aliphatic rings. The number of thioether (sulfide) groups is 1. The van der Waals surface area contributed by atoms with Crippen LogP contribution >= 0.6 is 11.8 Å². The average molecular weight is 367 g/mol. The Morgan fingerprint density at radius 3 is 2.77 bits per heavy atom. The molecule has 3 aromatic rings. The summed E-state index contributed by atoms with van der Waals surface area (Å²) in [5.41, 5.74) is 2.68. The van der Waals surface area contributed by atoms with Crippen LogP contribution in [0, 0.1) is 6.92 Å². The third kappa shape index (κ3) is 4.00. The lowest BCUT2D eigenvalue weighted by Gasteiger charge is -2.10. The van der Waals surface area contributed by atoms with Gasteiger partial charge in [0.1, 0.15) is 11.4 Å². The van der Waals surface area contributed by atoms with Gasteiger partial charge in [0.2, 0.25) is 5.91 Å². The molecular weight excluding hydrogens is 350 g/mol. The summed E-state index contributed by atoms with van der Waals surface area (Å²) in [6.07, 6.45) is 1.49. The molecule has 0 aliphatic carbocycles. The van der Waals surface area contributed by atoms with Crippen molar-refractivity contribution in [2.75, 3.05) is 18.2 Å². The SMILES string of the molecule is COC(=O)c1ccc(C)c(NC(=O)CSc2ncnc3ccccc23)c1. The summed E-state index contributed by atoms with van der Waals surface area (Å²) in [5, 5.41) is 4.51. The van der Waals surface area contributed by atoms with Crippen LogP contribution in [-0.2, 0) is 9.53 Å². The largest absolute Gasteiger partial charge is 0.465 e. The molecule has 0 aliphatic heterocycles. The molecule has 3 rings (SSSR count). The van der Waals surface area contributed by atoms with E-state index in [0.29, 0.717) is 11.3 Å². The van der Waals surface area contributed by atoms with Gasteiger partial charge in [-0.15, -0.1) is 0 Å². The van der Waals surface area contributed by atoms with E-state index in [2.05, 4.69) is 15.3 Å². The molecule has 0 radical (unpaired) electrons. The van der Waals surface area contributed by atoms with Crippen LogP contribution < -0.4 is 5.32 Å². The molecule has 0 fully saturated rings. The van der Waals surface area contributed by atoms with Gasteiger partial charge in [-0.1, -0.05) is 36.0 Å². The number of para-hydroxylation sites is 1. The zero-order valence-corrected chi connectivity index (χ0v) is 15.2. The Labute approximate surface area is 155 Å². The van der Waals surface area contributed by atoms with E-state index in [4.69, 9.17) is 4.74 Å². The number of amides is 1. The second-order valence-corrected chi connectivity index (χ2v) is 6.52. The van der Waals surface area contributed by atoms with Gasteiger partial charge in [0, 0.05) is 11.1 Å². The molecule has 1 N–H and O–H groups in total. The Kier molecular flexibility index (Phi) is 5.48. The van der Waals surface area contributed by atoms with Gasteiger partial charge >= 0.3 is 5.97 Å². The lowest BCUT2D eigenvalue weighted by molar-refractivity contribution is -0.113. The molecule has 0 bridgehead atoms. The van der Waals surface area contributed by atoms with E-state index in [1.807, 2.05) is 31.2 Å². The van der Waals surface area contributed by atoms with E-state index in [9.17, 15) is 9.59 Å². The van der Waals surface area contributed by atoms with Gasteiger partial charge in [-0.25, -0.2) is 14.8 Å². The number of benzene rings is 2. The van der Waals surface area contributed by atoms with Crippen LogP contribution in [-0.4, -0.2) is 34.7 Å². The number of fused-ring (bicyclic) bond motifs is 1. The van der Waals surface area contributed by atoms with E-state index in [1.54, 1.807) is 18.2 Å². The van der Waals surface area contributed by atoms with E-state index < -0.39 is 5.97 Å². The number of carbonyl (C=O) groups is 2. The molecule has 0 atom stereocenters. The molecule has 26 heavy (non-hydrogen) atoms. The highest BCUT2D eigenvalue weighted by Crippen LogP contribution is 2.24. The fourth-order valence-corrected chi connectivity index (χ4v) is 3.21. The molecule has 2 aromatic carbocycles. The molecule has 1 amide bonds. The summed E-state index contributed by atoms with van der Waals surface area (Å²) in [7, 11) is 1.32. The first kappa shape index (κ1) is 17.9. The topological polar surface area (TPSA) is 81.2 Å². The lowest BCUT2D eigenvalue weighted by Crippen LogP contribution is -2.15. The van der Waals surface area contributed by atoms with Crippen molar-refractivity contribution in [3.63, 3.8) is 0 Å². The molecule has 0 spiro atoms. The predicted octanol–water partition coefficient (Wildman–Crippen LogP) is 3.46. The number of anilines is 1. The molecular formula is C19H17N3O3S. The Hall–Kier alpha value is -2.93. The first-order valence-electron chi connectivity index (χ1n) is 7.90. The molecule has 0 unspecified atom stereocenters. The van der Waals surface area contributed by atoms with Gasteiger partial charge in [-0.2, -0.15) is 0 Å². The monoisotopic (exact) mass is 367 g/mol. The molecule has 132 valence electrons. The first-order chi connectivity index (χ1) is 12.6. The van der Waals surface area contributed by atoms with Gasteiger partial charge in [0.25, 0.3) is 0 Å². The standard InChI is InChI=1S/C19H17N3O3S/c1-12-7-8-13(19(24)25-2)9-16(12)22-17(23)10-26-18-14-5-3-4-6-15(14)20-11-21-18/h3-9,11H,10H2,1-2H3,(H,22,23). The van der Waals surface area contributed by atoms with E-state index in [1.165, 1.54) is 25.2 Å². The molecule has 1 heterocycles. The van der Waals surface area contributed by atoms with Crippen LogP contribution in [0.25, 0.3) is 10.9 Å². The highest BCUT2D eigenvalue weighted by atomic mass is 32.2. The number of methoxy groups -OCH3 is 1. The Bertz CT molecular complexity index is 970. The lowest BCUT2D eigenvalue weighted by atomic mass is 10.1. The van der Waals surface area contributed by atoms with Crippen molar-refractivity contribution in [2.24, 2.45) is 0 Å². The fourth-order valence-electron chi connectivity index (χ4n) is 2.42. The van der Waals surface area contributed by atoms with Gasteiger partial charge in [-0.3, -0.25) is 4.79 Å². The number of esters is 1. The van der Waals surface area contributed by atoms with Crippen molar-refractivity contribution < 1.29 is 14.3 Å². The van der Waals surface area contributed by atoms with Gasteiger partial charge < -0.3 is 10.1 Å². The second kappa shape index (κ2) is 7.97. The minimum Gasteiger partial charge on any atom is -0.465 e. The molecule has 0 saturated carbocycles. The number of nitrogens with one attached hydrogen (secondary N) is 1. The third-order valence-corrected chi connectivity index (χ3v) is 4.78. The minimum absolute atomic E-state index is 0.178. The maximum absolute atomic E-state index is 12.3.